The van der Waals surface area contributed by atoms with E-state index in [-0.39, 0.29) is 24.3 Å². The fourth-order valence-electron chi connectivity index (χ4n) is 3.33. The monoisotopic (exact) mass is 301 g/mol. The van der Waals surface area contributed by atoms with Gasteiger partial charge in [-0.1, -0.05) is 43.2 Å². The van der Waals surface area contributed by atoms with E-state index in [4.69, 9.17) is 0 Å². The lowest BCUT2D eigenvalue weighted by Gasteiger charge is -2.40. The predicted octanol–water partition coefficient (Wildman–Crippen LogP) is 1.09. The highest BCUT2D eigenvalue weighted by molar-refractivity contribution is 5.89. The van der Waals surface area contributed by atoms with Crippen molar-refractivity contribution in [3.05, 3.63) is 35.9 Å². The van der Waals surface area contributed by atoms with Crippen LogP contribution in [-0.2, 0) is 16.1 Å². The van der Waals surface area contributed by atoms with Gasteiger partial charge in [0.1, 0.15) is 0 Å². The lowest BCUT2D eigenvalue weighted by Crippen LogP contribution is -2.65. The lowest BCUT2D eigenvalue weighted by atomic mass is 9.87. The van der Waals surface area contributed by atoms with Gasteiger partial charge in [-0.15, -0.1) is 0 Å². The number of hydrogen-bond acceptors (Lipinski definition) is 3. The van der Waals surface area contributed by atoms with E-state index in [1.54, 1.807) is 0 Å². The zero-order valence-corrected chi connectivity index (χ0v) is 12.7. The fraction of sp³-hybridized carbons (Fsp3) is 0.529. The van der Waals surface area contributed by atoms with Crippen LogP contribution in [0.5, 0.6) is 0 Å². The van der Waals surface area contributed by atoms with E-state index >= 15 is 0 Å². The van der Waals surface area contributed by atoms with Gasteiger partial charge in [-0.2, -0.15) is 0 Å². The second kappa shape index (κ2) is 6.92. The molecular weight excluding hydrogens is 278 g/mol. The van der Waals surface area contributed by atoms with E-state index in [1.165, 1.54) is 12.8 Å². The van der Waals surface area contributed by atoms with Crippen molar-refractivity contribution in [2.45, 2.75) is 56.8 Å². The first-order valence-electron chi connectivity index (χ1n) is 8.09. The summed E-state index contributed by atoms with van der Waals surface area (Å²) in [4.78, 5) is 24.2. The molecule has 3 atom stereocenters. The van der Waals surface area contributed by atoms with Gasteiger partial charge in [-0.3, -0.25) is 9.59 Å². The van der Waals surface area contributed by atoms with Crippen molar-refractivity contribution >= 4 is 11.8 Å². The summed E-state index contributed by atoms with van der Waals surface area (Å²) in [6.45, 7) is 0.500. The number of amides is 2. The van der Waals surface area contributed by atoms with Crippen molar-refractivity contribution < 1.29 is 9.59 Å². The van der Waals surface area contributed by atoms with Crippen molar-refractivity contribution in [1.82, 2.24) is 16.0 Å². The summed E-state index contributed by atoms with van der Waals surface area (Å²) in [5.41, 5.74) is 1.06. The van der Waals surface area contributed by atoms with Gasteiger partial charge in [-0.05, 0) is 18.4 Å². The van der Waals surface area contributed by atoms with Gasteiger partial charge < -0.3 is 16.0 Å². The normalized spacial score (nSPS) is 27.6. The molecule has 2 amide bonds. The molecule has 1 aromatic carbocycles. The van der Waals surface area contributed by atoms with Gasteiger partial charge in [0.25, 0.3) is 0 Å². The summed E-state index contributed by atoms with van der Waals surface area (Å²) in [6.07, 6.45) is 4.67. The standard InChI is InChI=1S/C17H23N3O2/c21-16(18-11-12-6-2-1-3-7-12)10-15-17(22)20-14-9-5-4-8-13(14)19-15/h1-3,6-7,13-15,19H,4-5,8-11H2,(H,18,21)(H,20,22)/t13-,14+,15-/m1/s1. The van der Waals surface area contributed by atoms with Crippen LogP contribution in [0.3, 0.4) is 0 Å². The van der Waals surface area contributed by atoms with Gasteiger partial charge in [-0.25, -0.2) is 0 Å². The maximum atomic E-state index is 12.1. The Kier molecular flexibility index (Phi) is 4.73. The van der Waals surface area contributed by atoms with Crippen molar-refractivity contribution in [3.8, 4) is 0 Å². The van der Waals surface area contributed by atoms with Crippen LogP contribution < -0.4 is 16.0 Å². The molecule has 1 aliphatic heterocycles. The summed E-state index contributed by atoms with van der Waals surface area (Å²) in [5, 5.41) is 9.31. The van der Waals surface area contributed by atoms with Crippen LogP contribution in [0, 0.1) is 0 Å². The van der Waals surface area contributed by atoms with Crippen LogP contribution >= 0.6 is 0 Å². The van der Waals surface area contributed by atoms with Crippen LogP contribution in [0.15, 0.2) is 30.3 Å². The first kappa shape index (κ1) is 15.0. The average Bonchev–Trinajstić information content (AvgIpc) is 2.55. The average molecular weight is 301 g/mol. The number of benzene rings is 1. The summed E-state index contributed by atoms with van der Waals surface area (Å²) in [6, 6.07) is 9.93. The third-order valence-corrected chi connectivity index (χ3v) is 4.55. The van der Waals surface area contributed by atoms with Crippen molar-refractivity contribution in [2.75, 3.05) is 0 Å². The molecule has 0 radical (unpaired) electrons. The molecule has 0 aromatic heterocycles. The molecule has 0 bridgehead atoms. The van der Waals surface area contributed by atoms with Crippen molar-refractivity contribution in [1.29, 1.82) is 0 Å². The van der Waals surface area contributed by atoms with Gasteiger partial charge in [0.2, 0.25) is 11.8 Å². The molecule has 3 N–H and O–H groups in total. The molecular formula is C17H23N3O2. The molecule has 0 unspecified atom stereocenters. The Bertz CT molecular complexity index is 532. The molecule has 2 aliphatic rings. The first-order chi connectivity index (χ1) is 10.7. The number of rotatable bonds is 4. The van der Waals surface area contributed by atoms with E-state index in [9.17, 15) is 9.59 Å². The largest absolute Gasteiger partial charge is 0.352 e. The molecule has 1 heterocycles. The third-order valence-electron chi connectivity index (χ3n) is 4.55. The second-order valence-electron chi connectivity index (χ2n) is 6.19. The molecule has 5 heteroatoms. The van der Waals surface area contributed by atoms with E-state index in [1.807, 2.05) is 30.3 Å². The fourth-order valence-corrected chi connectivity index (χ4v) is 3.33. The van der Waals surface area contributed by atoms with E-state index in [2.05, 4.69) is 16.0 Å². The van der Waals surface area contributed by atoms with Crippen LogP contribution in [0.2, 0.25) is 0 Å². The summed E-state index contributed by atoms with van der Waals surface area (Å²) in [5.74, 6) is -0.135. The van der Waals surface area contributed by atoms with E-state index < -0.39 is 6.04 Å². The zero-order valence-electron chi connectivity index (χ0n) is 12.7. The van der Waals surface area contributed by atoms with E-state index in [0.717, 1.165) is 18.4 Å². The molecule has 0 spiro atoms. The van der Waals surface area contributed by atoms with Gasteiger partial charge in [0.15, 0.2) is 0 Å². The van der Waals surface area contributed by atoms with Crippen molar-refractivity contribution in [2.24, 2.45) is 0 Å². The molecule has 3 rings (SSSR count). The van der Waals surface area contributed by atoms with Crippen LogP contribution in [0.4, 0.5) is 0 Å². The first-order valence-corrected chi connectivity index (χ1v) is 8.09. The number of piperazine rings is 1. The Balaban J connectivity index is 1.49. The van der Waals surface area contributed by atoms with Gasteiger partial charge in [0.05, 0.1) is 12.5 Å². The van der Waals surface area contributed by atoms with E-state index in [0.29, 0.717) is 12.6 Å². The number of fused-ring (bicyclic) bond motifs is 1. The highest BCUT2D eigenvalue weighted by Crippen LogP contribution is 2.22. The molecule has 22 heavy (non-hydrogen) atoms. The van der Waals surface area contributed by atoms with Crippen LogP contribution in [-0.4, -0.2) is 29.9 Å². The quantitative estimate of drug-likeness (QED) is 0.780. The Labute approximate surface area is 130 Å². The molecule has 1 aliphatic carbocycles. The summed E-state index contributed by atoms with van der Waals surface area (Å²) in [7, 11) is 0. The molecule has 5 nitrogen and oxygen atoms in total. The maximum absolute atomic E-state index is 12.1. The molecule has 1 saturated carbocycles. The molecule has 2 fully saturated rings. The Hall–Kier alpha value is -1.88. The Morgan fingerprint density at radius 2 is 1.86 bits per heavy atom. The topological polar surface area (TPSA) is 70.2 Å². The summed E-state index contributed by atoms with van der Waals surface area (Å²) >= 11 is 0. The highest BCUT2D eigenvalue weighted by Gasteiger charge is 2.36. The second-order valence-corrected chi connectivity index (χ2v) is 6.19. The molecule has 1 aromatic rings. The van der Waals surface area contributed by atoms with Crippen LogP contribution in [0.1, 0.15) is 37.7 Å². The number of carbonyl (C=O) groups excluding carboxylic acids is 2. The Morgan fingerprint density at radius 1 is 1.14 bits per heavy atom. The number of nitrogens with one attached hydrogen (secondary N) is 3. The predicted molar refractivity (Wildman–Crippen MR) is 84.0 cm³/mol. The number of carbonyl (C=O) groups is 2. The minimum atomic E-state index is -0.407. The van der Waals surface area contributed by atoms with Gasteiger partial charge in [0, 0.05) is 18.6 Å². The van der Waals surface area contributed by atoms with Gasteiger partial charge >= 0.3 is 0 Å². The smallest absolute Gasteiger partial charge is 0.237 e. The zero-order chi connectivity index (χ0) is 15.4. The lowest BCUT2D eigenvalue weighted by molar-refractivity contribution is -0.131. The third kappa shape index (κ3) is 3.65. The van der Waals surface area contributed by atoms with Crippen molar-refractivity contribution in [3.63, 3.8) is 0 Å². The van der Waals surface area contributed by atoms with Crippen LogP contribution in [0.25, 0.3) is 0 Å². The minimum absolute atomic E-state index is 0.0435. The number of hydrogen-bond donors (Lipinski definition) is 3. The molecule has 1 saturated heterocycles. The molecule has 118 valence electrons. The highest BCUT2D eigenvalue weighted by atomic mass is 16.2. The minimum Gasteiger partial charge on any atom is -0.352 e. The SMILES string of the molecule is O=C(C[C@H]1N[C@@H]2CCCC[C@@H]2NC1=O)NCc1ccccc1. The maximum Gasteiger partial charge on any atom is 0.237 e. The Morgan fingerprint density at radius 3 is 2.64 bits per heavy atom. The summed E-state index contributed by atoms with van der Waals surface area (Å²) < 4.78 is 0.